The molecule has 0 aliphatic carbocycles. The van der Waals surface area contributed by atoms with Crippen molar-refractivity contribution in [1.29, 1.82) is 0 Å². The number of carbonyl (C=O) groups excluding carboxylic acids is 1. The zero-order valence-corrected chi connectivity index (χ0v) is 21.3. The summed E-state index contributed by atoms with van der Waals surface area (Å²) >= 11 is 0. The lowest BCUT2D eigenvalue weighted by Crippen LogP contribution is -2.33. The molecule has 8 nitrogen and oxygen atoms in total. The molecule has 0 aliphatic rings. The van der Waals surface area contributed by atoms with Crippen molar-refractivity contribution in [2.45, 2.75) is 43.4 Å². The van der Waals surface area contributed by atoms with Crippen LogP contribution in [-0.2, 0) is 24.7 Å². The van der Waals surface area contributed by atoms with Gasteiger partial charge < -0.3 is 9.64 Å². The van der Waals surface area contributed by atoms with E-state index in [9.17, 15) is 21.6 Å². The molecule has 182 valence electrons. The molecule has 1 amide bonds. The summed E-state index contributed by atoms with van der Waals surface area (Å²) in [5.41, 5.74) is 2.34. The smallest absolute Gasteiger partial charge is 0.241 e. The summed E-state index contributed by atoms with van der Waals surface area (Å²) in [7, 11) is -5.37. The molecule has 0 heterocycles. The van der Waals surface area contributed by atoms with Crippen molar-refractivity contribution in [3.05, 3.63) is 53.1 Å². The number of carbonyl (C=O) groups is 1. The van der Waals surface area contributed by atoms with Crippen LogP contribution in [0.4, 0.5) is 0 Å². The molecule has 0 radical (unpaired) electrons. The Morgan fingerprint density at radius 2 is 1.67 bits per heavy atom. The van der Waals surface area contributed by atoms with Gasteiger partial charge in [0.15, 0.2) is 9.84 Å². The number of hydrogen-bond acceptors (Lipinski definition) is 6. The van der Waals surface area contributed by atoms with Gasteiger partial charge in [-0.1, -0.05) is 23.8 Å². The standard InChI is InChI=1S/C23H32N2O6S2/c1-17-14-18(2)23(19(3)15-17)33(29,30)24-11-10-22(26)25(4)12-7-13-31-20-8-6-9-21(16-20)32(5,27)28/h6,8-9,14-16,24H,7,10-13H2,1-5H3. The van der Waals surface area contributed by atoms with Crippen LogP contribution in [0.2, 0.25) is 0 Å². The van der Waals surface area contributed by atoms with E-state index in [1.165, 1.54) is 17.0 Å². The van der Waals surface area contributed by atoms with Crippen LogP contribution >= 0.6 is 0 Å². The minimum Gasteiger partial charge on any atom is -0.493 e. The maximum absolute atomic E-state index is 12.7. The zero-order valence-electron chi connectivity index (χ0n) is 19.7. The maximum atomic E-state index is 12.7. The first kappa shape index (κ1) is 26.8. The van der Waals surface area contributed by atoms with Gasteiger partial charge in [0, 0.05) is 32.8 Å². The summed E-state index contributed by atoms with van der Waals surface area (Å²) in [6.45, 7) is 6.17. The average molecular weight is 497 g/mol. The van der Waals surface area contributed by atoms with Crippen molar-refractivity contribution in [3.8, 4) is 5.75 Å². The van der Waals surface area contributed by atoms with Gasteiger partial charge in [-0.05, 0) is 56.5 Å². The van der Waals surface area contributed by atoms with Crippen LogP contribution in [0.5, 0.6) is 5.75 Å². The number of amides is 1. The van der Waals surface area contributed by atoms with Crippen molar-refractivity contribution < 1.29 is 26.4 Å². The fraction of sp³-hybridized carbons (Fsp3) is 0.435. The third kappa shape index (κ3) is 7.83. The van der Waals surface area contributed by atoms with E-state index in [4.69, 9.17) is 4.74 Å². The van der Waals surface area contributed by atoms with Crippen LogP contribution in [0, 0.1) is 20.8 Å². The van der Waals surface area contributed by atoms with Crippen LogP contribution in [0.25, 0.3) is 0 Å². The first-order chi connectivity index (χ1) is 15.3. The molecule has 0 atom stereocenters. The van der Waals surface area contributed by atoms with Gasteiger partial charge in [-0.25, -0.2) is 21.6 Å². The molecule has 10 heteroatoms. The van der Waals surface area contributed by atoms with Crippen molar-refractivity contribution in [3.63, 3.8) is 0 Å². The topological polar surface area (TPSA) is 110 Å². The van der Waals surface area contributed by atoms with Crippen LogP contribution in [0.15, 0.2) is 46.2 Å². The minimum absolute atomic E-state index is 0.00699. The average Bonchev–Trinajstić information content (AvgIpc) is 2.69. The lowest BCUT2D eigenvalue weighted by atomic mass is 10.1. The zero-order chi connectivity index (χ0) is 24.8. The van der Waals surface area contributed by atoms with E-state index in [1.807, 2.05) is 19.1 Å². The Morgan fingerprint density at radius 1 is 1.03 bits per heavy atom. The molecule has 0 saturated carbocycles. The van der Waals surface area contributed by atoms with Crippen LogP contribution in [0.1, 0.15) is 29.5 Å². The van der Waals surface area contributed by atoms with E-state index in [-0.39, 0.29) is 28.7 Å². The highest BCUT2D eigenvalue weighted by molar-refractivity contribution is 7.90. The Labute approximate surface area is 196 Å². The number of nitrogens with zero attached hydrogens (tertiary/aromatic N) is 1. The Kier molecular flexibility index (Phi) is 9.04. The Balaban J connectivity index is 1.79. The minimum atomic E-state index is -3.71. The Morgan fingerprint density at radius 3 is 2.27 bits per heavy atom. The molecule has 0 aliphatic heterocycles. The number of hydrogen-bond donors (Lipinski definition) is 1. The summed E-state index contributed by atoms with van der Waals surface area (Å²) in [4.78, 5) is 14.3. The quantitative estimate of drug-likeness (QED) is 0.479. The van der Waals surface area contributed by atoms with E-state index >= 15 is 0 Å². The summed E-state index contributed by atoms with van der Waals surface area (Å²) in [6.07, 6.45) is 1.71. The van der Waals surface area contributed by atoms with Crippen LogP contribution in [0.3, 0.4) is 0 Å². The van der Waals surface area contributed by atoms with Crippen molar-refractivity contribution in [2.24, 2.45) is 0 Å². The molecule has 0 bridgehead atoms. The van der Waals surface area contributed by atoms with Gasteiger partial charge in [-0.2, -0.15) is 0 Å². The lowest BCUT2D eigenvalue weighted by molar-refractivity contribution is -0.129. The number of sulfone groups is 1. The largest absolute Gasteiger partial charge is 0.493 e. The van der Waals surface area contributed by atoms with Gasteiger partial charge in [-0.3, -0.25) is 4.79 Å². The summed E-state index contributed by atoms with van der Waals surface area (Å²) in [5.74, 6) is 0.261. The summed E-state index contributed by atoms with van der Waals surface area (Å²) in [5, 5.41) is 0. The number of rotatable bonds is 11. The van der Waals surface area contributed by atoms with Crippen molar-refractivity contribution in [2.75, 3.05) is 33.0 Å². The molecule has 0 saturated heterocycles. The van der Waals surface area contributed by atoms with Gasteiger partial charge in [0.25, 0.3) is 0 Å². The molecule has 2 aromatic carbocycles. The number of nitrogens with one attached hydrogen (secondary N) is 1. The highest BCUT2D eigenvalue weighted by atomic mass is 32.2. The van der Waals surface area contributed by atoms with Gasteiger partial charge in [0.05, 0.1) is 16.4 Å². The second-order valence-electron chi connectivity index (χ2n) is 8.14. The molecule has 0 unspecified atom stereocenters. The van der Waals surface area contributed by atoms with E-state index in [0.717, 1.165) is 11.8 Å². The normalized spacial score (nSPS) is 11.9. The summed E-state index contributed by atoms with van der Waals surface area (Å²) < 4.78 is 56.7. The SMILES string of the molecule is Cc1cc(C)c(S(=O)(=O)NCCC(=O)N(C)CCCOc2cccc(S(C)(=O)=O)c2)c(C)c1. The van der Waals surface area contributed by atoms with Gasteiger partial charge in [0.2, 0.25) is 15.9 Å². The number of sulfonamides is 1. The first-order valence-corrected chi connectivity index (χ1v) is 13.9. The molecule has 1 N–H and O–H groups in total. The van der Waals surface area contributed by atoms with E-state index in [0.29, 0.717) is 36.4 Å². The number of benzene rings is 2. The summed E-state index contributed by atoms with van der Waals surface area (Å²) in [6, 6.07) is 9.90. The molecule has 2 rings (SSSR count). The fourth-order valence-corrected chi connectivity index (χ4v) is 5.69. The van der Waals surface area contributed by atoms with E-state index < -0.39 is 19.9 Å². The van der Waals surface area contributed by atoms with E-state index in [1.54, 1.807) is 33.0 Å². The van der Waals surface area contributed by atoms with Gasteiger partial charge >= 0.3 is 0 Å². The maximum Gasteiger partial charge on any atom is 0.241 e. The van der Waals surface area contributed by atoms with Crippen LogP contribution < -0.4 is 9.46 Å². The monoisotopic (exact) mass is 496 g/mol. The predicted octanol–water partition coefficient (Wildman–Crippen LogP) is 2.61. The molecule has 0 fully saturated rings. The second-order valence-corrected chi connectivity index (χ2v) is 11.9. The molecule has 0 spiro atoms. The highest BCUT2D eigenvalue weighted by Crippen LogP contribution is 2.21. The number of ether oxygens (including phenoxy) is 1. The van der Waals surface area contributed by atoms with Crippen molar-refractivity contribution >= 4 is 25.8 Å². The lowest BCUT2D eigenvalue weighted by Gasteiger charge is -2.18. The van der Waals surface area contributed by atoms with Gasteiger partial charge in [0.1, 0.15) is 5.75 Å². The third-order valence-electron chi connectivity index (χ3n) is 5.07. The first-order valence-electron chi connectivity index (χ1n) is 10.6. The highest BCUT2D eigenvalue weighted by Gasteiger charge is 2.20. The predicted molar refractivity (Wildman–Crippen MR) is 128 cm³/mol. The molecule has 2 aromatic rings. The molecule has 0 aromatic heterocycles. The van der Waals surface area contributed by atoms with E-state index in [2.05, 4.69) is 4.72 Å². The molecular weight excluding hydrogens is 464 g/mol. The molecular formula is C23H32N2O6S2. The third-order valence-corrected chi connectivity index (χ3v) is 7.95. The van der Waals surface area contributed by atoms with Crippen LogP contribution in [-0.4, -0.2) is 60.6 Å². The molecule has 33 heavy (non-hydrogen) atoms. The fourth-order valence-electron chi connectivity index (χ4n) is 3.56. The Bertz CT molecular complexity index is 1180. The second kappa shape index (κ2) is 11.1. The Hall–Kier alpha value is -2.43. The van der Waals surface area contributed by atoms with Crippen molar-refractivity contribution in [1.82, 2.24) is 9.62 Å². The van der Waals surface area contributed by atoms with Gasteiger partial charge in [-0.15, -0.1) is 0 Å². The number of aryl methyl sites for hydroxylation is 3.